The molecular weight excluding hydrogens is 204 g/mol. The third kappa shape index (κ3) is 3.34. The summed E-state index contributed by atoms with van der Waals surface area (Å²) < 4.78 is 5.03. The molecule has 0 bridgehead atoms. The Morgan fingerprint density at radius 1 is 1.44 bits per heavy atom. The third-order valence-electron chi connectivity index (χ3n) is 2.73. The minimum absolute atomic E-state index is 0.0481. The normalized spacial score (nSPS) is 11.6. The molecule has 1 rings (SSSR count). The average Bonchev–Trinajstić information content (AvgIpc) is 2.26. The number of ether oxygens (including phenoxy) is 1. The Bertz CT molecular complexity index is 339. The monoisotopic (exact) mass is 224 g/mol. The van der Waals surface area contributed by atoms with Gasteiger partial charge in [0.1, 0.15) is 0 Å². The molecule has 0 aliphatic carbocycles. The first-order valence-electron chi connectivity index (χ1n) is 5.24. The molecule has 1 N–H and O–H groups in total. The predicted octanol–water partition coefficient (Wildman–Crippen LogP) is 1.24. The van der Waals surface area contributed by atoms with Crippen LogP contribution in [-0.4, -0.2) is 48.2 Å². The second-order valence-electron chi connectivity index (χ2n) is 4.48. The smallest absolute Gasteiger partial charge is 0.226 e. The number of hydrogen-bond donors (Lipinski definition) is 1. The van der Waals surface area contributed by atoms with E-state index in [1.807, 2.05) is 14.1 Å². The maximum absolute atomic E-state index is 5.03. The minimum Gasteiger partial charge on any atom is -0.481 e. The lowest BCUT2D eigenvalue weighted by Crippen LogP contribution is -2.44. The molecule has 1 aromatic rings. The van der Waals surface area contributed by atoms with Crippen LogP contribution in [0.1, 0.15) is 13.8 Å². The maximum Gasteiger partial charge on any atom is 0.226 e. The molecule has 0 aliphatic heterocycles. The summed E-state index contributed by atoms with van der Waals surface area (Å²) in [7, 11) is 5.69. The molecule has 0 aliphatic rings. The van der Waals surface area contributed by atoms with Crippen molar-refractivity contribution in [1.82, 2.24) is 14.9 Å². The molecular formula is C11H20N4O. The summed E-state index contributed by atoms with van der Waals surface area (Å²) in [5.74, 6) is 1.16. The van der Waals surface area contributed by atoms with E-state index in [2.05, 4.69) is 34.0 Å². The van der Waals surface area contributed by atoms with Crippen molar-refractivity contribution in [3.8, 4) is 5.88 Å². The number of rotatable bonds is 5. The quantitative estimate of drug-likeness (QED) is 0.815. The van der Waals surface area contributed by atoms with Crippen molar-refractivity contribution in [2.75, 3.05) is 33.1 Å². The van der Waals surface area contributed by atoms with Crippen LogP contribution in [0.3, 0.4) is 0 Å². The van der Waals surface area contributed by atoms with E-state index in [0.29, 0.717) is 11.8 Å². The number of nitrogens with zero attached hydrogens (tertiary/aromatic N) is 3. The van der Waals surface area contributed by atoms with Gasteiger partial charge in [-0.2, -0.15) is 4.98 Å². The van der Waals surface area contributed by atoms with Crippen molar-refractivity contribution in [3.05, 3.63) is 12.3 Å². The van der Waals surface area contributed by atoms with Gasteiger partial charge < -0.3 is 15.0 Å². The first-order chi connectivity index (χ1) is 7.45. The van der Waals surface area contributed by atoms with Crippen molar-refractivity contribution in [2.24, 2.45) is 0 Å². The lowest BCUT2D eigenvalue weighted by Gasteiger charge is -2.32. The van der Waals surface area contributed by atoms with Gasteiger partial charge in [0.15, 0.2) is 0 Å². The van der Waals surface area contributed by atoms with Crippen molar-refractivity contribution in [2.45, 2.75) is 19.4 Å². The van der Waals surface area contributed by atoms with Gasteiger partial charge in [-0.3, -0.25) is 0 Å². The fourth-order valence-corrected chi connectivity index (χ4v) is 0.994. The molecule has 0 saturated carbocycles. The first-order valence-corrected chi connectivity index (χ1v) is 5.24. The molecule has 0 atom stereocenters. The molecule has 1 aromatic heterocycles. The molecule has 0 amide bonds. The molecule has 0 fully saturated rings. The van der Waals surface area contributed by atoms with Gasteiger partial charge in [-0.05, 0) is 27.9 Å². The number of likely N-dealkylation sites (N-methyl/N-ethyl adjacent to an activating group) is 1. The number of anilines is 1. The van der Waals surface area contributed by atoms with Gasteiger partial charge in [-0.25, -0.2) is 4.98 Å². The summed E-state index contributed by atoms with van der Waals surface area (Å²) in [5, 5.41) is 3.20. The van der Waals surface area contributed by atoms with Crippen LogP contribution in [0.5, 0.6) is 5.88 Å². The molecule has 0 unspecified atom stereocenters. The zero-order valence-corrected chi connectivity index (χ0v) is 10.6. The Labute approximate surface area is 96.8 Å². The van der Waals surface area contributed by atoms with Crippen LogP contribution in [0.4, 0.5) is 5.95 Å². The number of methoxy groups -OCH3 is 1. The van der Waals surface area contributed by atoms with Gasteiger partial charge in [0.2, 0.25) is 11.8 Å². The summed E-state index contributed by atoms with van der Waals surface area (Å²) in [6.45, 7) is 5.08. The Morgan fingerprint density at radius 2 is 2.12 bits per heavy atom. The Morgan fingerprint density at radius 3 is 2.69 bits per heavy atom. The zero-order valence-electron chi connectivity index (χ0n) is 10.6. The molecule has 0 radical (unpaired) electrons. The molecule has 16 heavy (non-hydrogen) atoms. The second-order valence-corrected chi connectivity index (χ2v) is 4.48. The van der Waals surface area contributed by atoms with Gasteiger partial charge in [0.25, 0.3) is 0 Å². The summed E-state index contributed by atoms with van der Waals surface area (Å²) in [4.78, 5) is 10.5. The number of hydrogen-bond acceptors (Lipinski definition) is 5. The van der Waals surface area contributed by atoms with Crippen molar-refractivity contribution in [1.29, 1.82) is 0 Å². The van der Waals surface area contributed by atoms with Crippen molar-refractivity contribution in [3.63, 3.8) is 0 Å². The van der Waals surface area contributed by atoms with E-state index in [0.717, 1.165) is 6.54 Å². The highest BCUT2D eigenvalue weighted by Gasteiger charge is 2.20. The van der Waals surface area contributed by atoms with Crippen LogP contribution < -0.4 is 10.1 Å². The zero-order chi connectivity index (χ0) is 12.2. The van der Waals surface area contributed by atoms with E-state index < -0.39 is 0 Å². The fourth-order valence-electron chi connectivity index (χ4n) is 0.994. The van der Waals surface area contributed by atoms with Crippen LogP contribution >= 0.6 is 0 Å². The van der Waals surface area contributed by atoms with Crippen LogP contribution in [0, 0.1) is 0 Å². The highest BCUT2D eigenvalue weighted by Crippen LogP contribution is 2.12. The van der Waals surface area contributed by atoms with E-state index in [1.54, 1.807) is 19.4 Å². The lowest BCUT2D eigenvalue weighted by molar-refractivity contribution is 0.209. The van der Waals surface area contributed by atoms with Crippen molar-refractivity contribution >= 4 is 5.95 Å². The Hall–Kier alpha value is -1.36. The highest BCUT2D eigenvalue weighted by atomic mass is 16.5. The summed E-state index contributed by atoms with van der Waals surface area (Å²) >= 11 is 0. The van der Waals surface area contributed by atoms with Crippen LogP contribution in [0.2, 0.25) is 0 Å². The minimum atomic E-state index is 0.0481. The Balaban J connectivity index is 2.60. The number of aromatic nitrogens is 2. The topological polar surface area (TPSA) is 50.3 Å². The van der Waals surface area contributed by atoms with E-state index >= 15 is 0 Å². The average molecular weight is 224 g/mol. The lowest BCUT2D eigenvalue weighted by atomic mass is 10.1. The van der Waals surface area contributed by atoms with Crippen molar-refractivity contribution < 1.29 is 4.74 Å². The predicted molar refractivity (Wildman–Crippen MR) is 64.8 cm³/mol. The van der Waals surface area contributed by atoms with E-state index in [4.69, 9.17) is 4.74 Å². The van der Waals surface area contributed by atoms with E-state index in [1.165, 1.54) is 0 Å². The maximum atomic E-state index is 5.03. The molecule has 1 heterocycles. The largest absolute Gasteiger partial charge is 0.481 e. The van der Waals surface area contributed by atoms with Gasteiger partial charge in [-0.15, -0.1) is 0 Å². The SMILES string of the molecule is COc1ccnc(NCC(C)(C)N(C)C)n1. The number of nitrogens with one attached hydrogen (secondary N) is 1. The fraction of sp³-hybridized carbons (Fsp3) is 0.636. The summed E-state index contributed by atoms with van der Waals surface area (Å²) in [6, 6.07) is 1.72. The molecule has 0 aromatic carbocycles. The second kappa shape index (κ2) is 5.12. The standard InChI is InChI=1S/C11H20N4O/c1-11(2,15(3)4)8-13-10-12-7-6-9(14-10)16-5/h6-7H,8H2,1-5H3,(H,12,13,14). The van der Waals surface area contributed by atoms with Crippen LogP contribution in [0.25, 0.3) is 0 Å². The molecule has 5 heteroatoms. The van der Waals surface area contributed by atoms with Gasteiger partial charge in [0, 0.05) is 24.3 Å². The third-order valence-corrected chi connectivity index (χ3v) is 2.73. The van der Waals surface area contributed by atoms with E-state index in [9.17, 15) is 0 Å². The summed E-state index contributed by atoms with van der Waals surface area (Å²) in [6.07, 6.45) is 1.68. The van der Waals surface area contributed by atoms with Gasteiger partial charge in [-0.1, -0.05) is 0 Å². The van der Waals surface area contributed by atoms with Gasteiger partial charge >= 0.3 is 0 Å². The van der Waals surface area contributed by atoms with Crippen LogP contribution in [-0.2, 0) is 0 Å². The molecule has 90 valence electrons. The molecule has 5 nitrogen and oxygen atoms in total. The first kappa shape index (κ1) is 12.7. The molecule has 0 saturated heterocycles. The highest BCUT2D eigenvalue weighted by molar-refractivity contribution is 5.28. The van der Waals surface area contributed by atoms with Gasteiger partial charge in [0.05, 0.1) is 7.11 Å². The molecule has 0 spiro atoms. The van der Waals surface area contributed by atoms with E-state index in [-0.39, 0.29) is 5.54 Å². The van der Waals surface area contributed by atoms with Crippen LogP contribution in [0.15, 0.2) is 12.3 Å². The summed E-state index contributed by atoms with van der Waals surface area (Å²) in [5.41, 5.74) is 0.0481. The Kier molecular flexibility index (Phi) is 4.06.